The second kappa shape index (κ2) is 12.3. The van der Waals surface area contributed by atoms with Crippen molar-refractivity contribution in [2.75, 3.05) is 33.8 Å². The number of para-hydroxylation sites is 1. The summed E-state index contributed by atoms with van der Waals surface area (Å²) in [6, 6.07) is 15.3. The third-order valence-corrected chi connectivity index (χ3v) is 8.82. The predicted molar refractivity (Wildman–Crippen MR) is 139 cm³/mol. The van der Waals surface area contributed by atoms with Crippen molar-refractivity contribution >= 4 is 16.3 Å². The molecule has 0 aromatic heterocycles. The van der Waals surface area contributed by atoms with Gasteiger partial charge in [0.1, 0.15) is 11.6 Å². The Kier molecular flexibility index (Phi) is 9.17. The maximum Gasteiger partial charge on any atom is 0.415 e. The fraction of sp³-hybridized carbons (Fsp3) is 0.519. The summed E-state index contributed by atoms with van der Waals surface area (Å²) in [4.78, 5) is 14.4. The van der Waals surface area contributed by atoms with Gasteiger partial charge in [-0.25, -0.2) is 9.18 Å². The van der Waals surface area contributed by atoms with E-state index >= 15 is 0 Å². The number of piperidine rings is 1. The zero-order chi connectivity index (χ0) is 26.4. The number of ether oxygens (including phenoxy) is 2. The van der Waals surface area contributed by atoms with Crippen LogP contribution in [-0.2, 0) is 14.9 Å². The van der Waals surface area contributed by atoms with Crippen molar-refractivity contribution in [3.05, 3.63) is 66.0 Å². The van der Waals surface area contributed by atoms with Gasteiger partial charge in [-0.2, -0.15) is 17.4 Å². The van der Waals surface area contributed by atoms with Crippen LogP contribution in [-0.4, -0.2) is 69.7 Å². The number of likely N-dealkylation sites (tertiary alicyclic amines) is 1. The van der Waals surface area contributed by atoms with Gasteiger partial charge in [0, 0.05) is 39.1 Å². The minimum atomic E-state index is -3.64. The van der Waals surface area contributed by atoms with E-state index in [0.717, 1.165) is 35.6 Å². The minimum Gasteiger partial charge on any atom is -0.410 e. The third-order valence-electron chi connectivity index (χ3n) is 7.26. The first-order chi connectivity index (χ1) is 17.7. The SMILES string of the molecule is CN(C)S(=O)(=O)N[C@H]1CCN(C(=O)Oc2ccccc2)CC1COC1CCC(c2cccc(F)c2)CC1. The fourth-order valence-electron chi connectivity index (χ4n) is 5.06. The fourth-order valence-corrected chi connectivity index (χ4v) is 5.96. The quantitative estimate of drug-likeness (QED) is 0.551. The van der Waals surface area contributed by atoms with Crippen LogP contribution in [0.3, 0.4) is 0 Å². The maximum absolute atomic E-state index is 13.6. The number of nitrogens with one attached hydrogen (secondary N) is 1. The smallest absolute Gasteiger partial charge is 0.410 e. The van der Waals surface area contributed by atoms with Gasteiger partial charge in [-0.15, -0.1) is 0 Å². The molecule has 202 valence electrons. The molecule has 10 heteroatoms. The lowest BCUT2D eigenvalue weighted by Gasteiger charge is -2.39. The zero-order valence-electron chi connectivity index (χ0n) is 21.4. The number of hydrogen-bond donors (Lipinski definition) is 1. The van der Waals surface area contributed by atoms with Crippen LogP contribution in [0.25, 0.3) is 0 Å². The predicted octanol–water partition coefficient (Wildman–Crippen LogP) is 4.15. The van der Waals surface area contributed by atoms with E-state index in [1.807, 2.05) is 12.1 Å². The van der Waals surface area contributed by atoms with Gasteiger partial charge in [-0.05, 0) is 67.9 Å². The van der Waals surface area contributed by atoms with E-state index in [1.165, 1.54) is 20.2 Å². The Labute approximate surface area is 218 Å². The summed E-state index contributed by atoms with van der Waals surface area (Å²) in [5.41, 5.74) is 1.02. The molecule has 1 amide bonds. The van der Waals surface area contributed by atoms with Crippen molar-refractivity contribution in [3.8, 4) is 5.75 Å². The molecule has 1 heterocycles. The molecular formula is C27H36FN3O5S. The molecule has 1 N–H and O–H groups in total. The van der Waals surface area contributed by atoms with Gasteiger partial charge < -0.3 is 14.4 Å². The van der Waals surface area contributed by atoms with Crippen LogP contribution in [0.2, 0.25) is 0 Å². The van der Waals surface area contributed by atoms with Crippen molar-refractivity contribution < 1.29 is 27.1 Å². The highest BCUT2D eigenvalue weighted by molar-refractivity contribution is 7.87. The molecule has 37 heavy (non-hydrogen) atoms. The van der Waals surface area contributed by atoms with Crippen molar-refractivity contribution in [1.82, 2.24) is 13.9 Å². The molecule has 0 radical (unpaired) electrons. The average Bonchev–Trinajstić information content (AvgIpc) is 2.88. The average molecular weight is 534 g/mol. The second-order valence-electron chi connectivity index (χ2n) is 10.0. The van der Waals surface area contributed by atoms with Gasteiger partial charge in [0.15, 0.2) is 0 Å². The van der Waals surface area contributed by atoms with E-state index in [-0.39, 0.29) is 23.9 Å². The van der Waals surface area contributed by atoms with Crippen molar-refractivity contribution in [2.45, 2.75) is 50.2 Å². The zero-order valence-corrected chi connectivity index (χ0v) is 22.2. The number of benzene rings is 2. The number of rotatable bonds is 8. The van der Waals surface area contributed by atoms with Crippen LogP contribution in [0.5, 0.6) is 5.75 Å². The number of nitrogens with zero attached hydrogens (tertiary/aromatic N) is 2. The second-order valence-corrected chi connectivity index (χ2v) is 12.0. The van der Waals surface area contributed by atoms with E-state index in [4.69, 9.17) is 9.47 Å². The molecule has 1 aliphatic carbocycles. The molecule has 2 aromatic carbocycles. The number of halogens is 1. The molecule has 2 aliphatic rings. The van der Waals surface area contributed by atoms with E-state index in [1.54, 1.807) is 41.3 Å². The minimum absolute atomic E-state index is 0.0440. The van der Waals surface area contributed by atoms with E-state index in [9.17, 15) is 17.6 Å². The molecule has 0 bridgehead atoms. The monoisotopic (exact) mass is 533 g/mol. The van der Waals surface area contributed by atoms with Gasteiger partial charge in [-0.1, -0.05) is 30.3 Å². The Balaban J connectivity index is 1.36. The number of amides is 1. The first-order valence-electron chi connectivity index (χ1n) is 12.8. The summed E-state index contributed by atoms with van der Waals surface area (Å²) in [6.45, 7) is 1.03. The summed E-state index contributed by atoms with van der Waals surface area (Å²) in [6.07, 6.45) is 3.56. The highest BCUT2D eigenvalue weighted by Gasteiger charge is 2.36. The Morgan fingerprint density at radius 1 is 1.05 bits per heavy atom. The van der Waals surface area contributed by atoms with Crippen LogP contribution in [0, 0.1) is 11.7 Å². The molecule has 2 aromatic rings. The number of hydrogen-bond acceptors (Lipinski definition) is 5. The van der Waals surface area contributed by atoms with E-state index < -0.39 is 16.3 Å². The van der Waals surface area contributed by atoms with Crippen LogP contribution in [0.1, 0.15) is 43.6 Å². The third kappa shape index (κ3) is 7.50. The Hall–Kier alpha value is -2.53. The summed E-state index contributed by atoms with van der Waals surface area (Å²) in [5.74, 6) is 0.335. The molecule has 1 saturated heterocycles. The van der Waals surface area contributed by atoms with Gasteiger partial charge in [0.25, 0.3) is 10.2 Å². The molecule has 8 nitrogen and oxygen atoms in total. The van der Waals surface area contributed by atoms with E-state index in [2.05, 4.69) is 4.72 Å². The van der Waals surface area contributed by atoms with Crippen molar-refractivity contribution in [1.29, 1.82) is 0 Å². The maximum atomic E-state index is 13.6. The van der Waals surface area contributed by atoms with Gasteiger partial charge >= 0.3 is 6.09 Å². The summed E-state index contributed by atoms with van der Waals surface area (Å²) >= 11 is 0. The molecule has 4 rings (SSSR count). The number of carbonyl (C=O) groups excluding carboxylic acids is 1. The summed E-state index contributed by atoms with van der Waals surface area (Å²) in [7, 11) is -0.672. The summed E-state index contributed by atoms with van der Waals surface area (Å²) < 4.78 is 54.4. The first-order valence-corrected chi connectivity index (χ1v) is 14.2. The highest BCUT2D eigenvalue weighted by Crippen LogP contribution is 2.34. The Morgan fingerprint density at radius 3 is 2.46 bits per heavy atom. The molecule has 2 fully saturated rings. The Bertz CT molecular complexity index is 1140. The van der Waals surface area contributed by atoms with Gasteiger partial charge in [0.2, 0.25) is 0 Å². The standard InChI is InChI=1S/C27H36FN3O5S/c1-30(2)37(33,34)29-26-15-16-31(27(32)36-25-9-4-3-5-10-25)18-22(26)19-35-24-13-11-20(12-14-24)21-7-6-8-23(28)17-21/h3-10,17,20,22,24,26,29H,11-16,18-19H2,1-2H3/t20?,22?,24?,26-/m0/s1. The normalized spacial score (nSPS) is 24.7. The molecule has 1 aliphatic heterocycles. The van der Waals surface area contributed by atoms with Crippen LogP contribution in [0.4, 0.5) is 9.18 Å². The highest BCUT2D eigenvalue weighted by atomic mass is 32.2. The van der Waals surface area contributed by atoms with Gasteiger partial charge in [0.05, 0.1) is 12.7 Å². The van der Waals surface area contributed by atoms with E-state index in [0.29, 0.717) is 37.8 Å². The van der Waals surface area contributed by atoms with Crippen molar-refractivity contribution in [3.63, 3.8) is 0 Å². The molecule has 0 spiro atoms. The Morgan fingerprint density at radius 2 is 1.78 bits per heavy atom. The van der Waals surface area contributed by atoms with Crippen LogP contribution >= 0.6 is 0 Å². The number of carbonyl (C=O) groups is 1. The molecule has 1 unspecified atom stereocenters. The lowest BCUT2D eigenvalue weighted by molar-refractivity contribution is -0.0146. The largest absolute Gasteiger partial charge is 0.415 e. The molecular weight excluding hydrogens is 497 g/mol. The topological polar surface area (TPSA) is 88.2 Å². The molecule has 1 saturated carbocycles. The summed E-state index contributed by atoms with van der Waals surface area (Å²) in [5, 5.41) is 0. The van der Waals surface area contributed by atoms with Crippen LogP contribution < -0.4 is 9.46 Å². The first kappa shape index (κ1) is 27.5. The van der Waals surface area contributed by atoms with Gasteiger partial charge in [-0.3, -0.25) is 0 Å². The van der Waals surface area contributed by atoms with Crippen molar-refractivity contribution in [2.24, 2.45) is 5.92 Å². The lowest BCUT2D eigenvalue weighted by Crippen LogP contribution is -2.55. The van der Waals surface area contributed by atoms with Crippen LogP contribution in [0.15, 0.2) is 54.6 Å². The lowest BCUT2D eigenvalue weighted by atomic mass is 9.82. The molecule has 2 atom stereocenters.